The average Bonchev–Trinajstić information content (AvgIpc) is 3.16. The van der Waals surface area contributed by atoms with E-state index in [9.17, 15) is 4.79 Å². The van der Waals surface area contributed by atoms with Gasteiger partial charge in [0.05, 0.1) is 6.54 Å². The number of nitrogens with zero attached hydrogens (tertiary/aromatic N) is 2. The number of ether oxygens (including phenoxy) is 1. The van der Waals surface area contributed by atoms with Crippen LogP contribution < -0.4 is 10.6 Å². The molecule has 0 unspecified atom stereocenters. The number of nitrogens with one attached hydrogen (secondary N) is 2. The standard InChI is InChI=1S/C18H24N4O3/c1-4-24-12(2)16-20-15(25-22-16)11-19-17(23)21-18(3)9-13-7-5-6-8-14(13)10-18/h5-8,12H,4,9-11H2,1-3H3,(H2,19,21,23)/t12-/m1/s1. The van der Waals surface area contributed by atoms with Crippen molar-refractivity contribution < 1.29 is 14.1 Å². The summed E-state index contributed by atoms with van der Waals surface area (Å²) in [6.07, 6.45) is 1.42. The molecule has 25 heavy (non-hydrogen) atoms. The molecule has 0 aliphatic heterocycles. The molecule has 1 aliphatic rings. The van der Waals surface area contributed by atoms with E-state index < -0.39 is 0 Å². The Kier molecular flexibility index (Phi) is 5.03. The number of carbonyl (C=O) groups excluding carboxylic acids is 1. The van der Waals surface area contributed by atoms with Gasteiger partial charge in [-0.3, -0.25) is 0 Å². The molecule has 0 bridgehead atoms. The van der Waals surface area contributed by atoms with Crippen molar-refractivity contribution in [2.45, 2.75) is 51.8 Å². The molecular weight excluding hydrogens is 320 g/mol. The molecule has 1 atom stereocenters. The second-order valence-electron chi connectivity index (χ2n) is 6.63. The number of aromatic nitrogens is 2. The Bertz CT molecular complexity index is 718. The summed E-state index contributed by atoms with van der Waals surface area (Å²) in [5.74, 6) is 0.842. The van der Waals surface area contributed by atoms with E-state index in [4.69, 9.17) is 9.26 Å². The van der Waals surface area contributed by atoms with Crippen molar-refractivity contribution in [3.8, 4) is 0 Å². The van der Waals surface area contributed by atoms with Gasteiger partial charge in [-0.25, -0.2) is 4.79 Å². The van der Waals surface area contributed by atoms with Crippen LogP contribution in [0.15, 0.2) is 28.8 Å². The van der Waals surface area contributed by atoms with Gasteiger partial charge < -0.3 is 19.9 Å². The summed E-state index contributed by atoms with van der Waals surface area (Å²) < 4.78 is 10.6. The minimum absolute atomic E-state index is 0.181. The van der Waals surface area contributed by atoms with Gasteiger partial charge in [0.2, 0.25) is 5.89 Å². The quantitative estimate of drug-likeness (QED) is 0.840. The molecule has 1 heterocycles. The summed E-state index contributed by atoms with van der Waals surface area (Å²) in [6.45, 7) is 6.58. The van der Waals surface area contributed by atoms with E-state index in [1.165, 1.54) is 11.1 Å². The van der Waals surface area contributed by atoms with Crippen molar-refractivity contribution in [1.29, 1.82) is 0 Å². The van der Waals surface area contributed by atoms with Gasteiger partial charge in [0.25, 0.3) is 0 Å². The van der Waals surface area contributed by atoms with Crippen molar-refractivity contribution in [2.24, 2.45) is 0 Å². The fourth-order valence-electron chi connectivity index (χ4n) is 3.20. The molecular formula is C18H24N4O3. The maximum Gasteiger partial charge on any atom is 0.315 e. The minimum atomic E-state index is -0.281. The Morgan fingerprint density at radius 1 is 1.36 bits per heavy atom. The van der Waals surface area contributed by atoms with Crippen LogP contribution in [-0.2, 0) is 24.1 Å². The van der Waals surface area contributed by atoms with Gasteiger partial charge in [-0.1, -0.05) is 29.4 Å². The summed E-state index contributed by atoms with van der Waals surface area (Å²) in [7, 11) is 0. The van der Waals surface area contributed by atoms with Crippen LogP contribution in [0.3, 0.4) is 0 Å². The molecule has 2 aromatic rings. The average molecular weight is 344 g/mol. The number of amides is 2. The first-order chi connectivity index (χ1) is 12.0. The Hall–Kier alpha value is -2.41. The van der Waals surface area contributed by atoms with Gasteiger partial charge in [-0.2, -0.15) is 4.98 Å². The van der Waals surface area contributed by atoms with Crippen molar-refractivity contribution >= 4 is 6.03 Å². The number of hydrogen-bond donors (Lipinski definition) is 2. The van der Waals surface area contributed by atoms with E-state index in [0.29, 0.717) is 18.3 Å². The van der Waals surface area contributed by atoms with Gasteiger partial charge >= 0.3 is 6.03 Å². The van der Waals surface area contributed by atoms with Crippen molar-refractivity contribution in [2.75, 3.05) is 6.61 Å². The third kappa shape index (κ3) is 4.17. The normalized spacial score (nSPS) is 16.3. The number of rotatable bonds is 6. The van der Waals surface area contributed by atoms with Crippen LogP contribution in [0.5, 0.6) is 0 Å². The molecule has 1 aromatic heterocycles. The van der Waals surface area contributed by atoms with E-state index in [-0.39, 0.29) is 24.2 Å². The lowest BCUT2D eigenvalue weighted by Crippen LogP contribution is -2.50. The van der Waals surface area contributed by atoms with Crippen LogP contribution in [-0.4, -0.2) is 28.3 Å². The number of hydrogen-bond acceptors (Lipinski definition) is 5. The lowest BCUT2D eigenvalue weighted by molar-refractivity contribution is 0.0683. The molecule has 7 heteroatoms. The zero-order valence-corrected chi connectivity index (χ0v) is 14.8. The van der Waals surface area contributed by atoms with Gasteiger partial charge in [0.15, 0.2) is 5.82 Å². The highest BCUT2D eigenvalue weighted by Crippen LogP contribution is 2.29. The third-order valence-electron chi connectivity index (χ3n) is 4.36. The molecule has 1 aliphatic carbocycles. The molecule has 134 valence electrons. The number of benzene rings is 1. The monoisotopic (exact) mass is 344 g/mol. The molecule has 0 saturated heterocycles. The van der Waals surface area contributed by atoms with E-state index in [2.05, 4.69) is 39.8 Å². The summed E-state index contributed by atoms with van der Waals surface area (Å²) in [6, 6.07) is 8.04. The Balaban J connectivity index is 1.51. The Labute approximate surface area is 147 Å². The molecule has 2 N–H and O–H groups in total. The first kappa shape index (κ1) is 17.4. The SMILES string of the molecule is CCO[C@H](C)c1noc(CNC(=O)NC2(C)Cc3ccccc3C2)n1. The van der Waals surface area contributed by atoms with Crippen molar-refractivity contribution in [3.63, 3.8) is 0 Å². The van der Waals surface area contributed by atoms with Gasteiger partial charge in [-0.15, -0.1) is 0 Å². The fourth-order valence-corrected chi connectivity index (χ4v) is 3.20. The molecule has 1 aromatic carbocycles. The van der Waals surface area contributed by atoms with Gasteiger partial charge in [0, 0.05) is 12.1 Å². The van der Waals surface area contributed by atoms with Gasteiger partial charge in [0.1, 0.15) is 6.10 Å². The summed E-state index contributed by atoms with van der Waals surface area (Å²) in [5.41, 5.74) is 2.30. The van der Waals surface area contributed by atoms with Crippen LogP contribution >= 0.6 is 0 Å². The van der Waals surface area contributed by atoms with Crippen molar-refractivity contribution in [3.05, 3.63) is 47.1 Å². The van der Waals surface area contributed by atoms with Crippen LogP contribution in [0.4, 0.5) is 4.79 Å². The highest BCUT2D eigenvalue weighted by molar-refractivity contribution is 5.75. The number of urea groups is 1. The smallest absolute Gasteiger partial charge is 0.315 e. The predicted octanol–water partition coefficient (Wildman–Crippen LogP) is 2.52. The van der Waals surface area contributed by atoms with Crippen LogP contribution in [0.25, 0.3) is 0 Å². The highest BCUT2D eigenvalue weighted by Gasteiger charge is 2.33. The van der Waals surface area contributed by atoms with Crippen molar-refractivity contribution in [1.82, 2.24) is 20.8 Å². The van der Waals surface area contributed by atoms with E-state index in [1.54, 1.807) is 0 Å². The predicted molar refractivity (Wildman–Crippen MR) is 92.0 cm³/mol. The van der Waals surface area contributed by atoms with Gasteiger partial charge in [-0.05, 0) is 44.7 Å². The Morgan fingerprint density at radius 3 is 2.68 bits per heavy atom. The zero-order chi connectivity index (χ0) is 17.9. The second kappa shape index (κ2) is 7.23. The second-order valence-corrected chi connectivity index (χ2v) is 6.63. The maximum absolute atomic E-state index is 12.2. The molecule has 3 rings (SSSR count). The van der Waals surface area contributed by atoms with Crippen LogP contribution in [0, 0.1) is 0 Å². The topological polar surface area (TPSA) is 89.3 Å². The molecule has 0 spiro atoms. The minimum Gasteiger partial charge on any atom is -0.371 e. The molecule has 0 radical (unpaired) electrons. The maximum atomic E-state index is 12.2. The highest BCUT2D eigenvalue weighted by atomic mass is 16.5. The molecule has 0 fully saturated rings. The molecule has 2 amide bonds. The lowest BCUT2D eigenvalue weighted by Gasteiger charge is -2.25. The van der Waals surface area contributed by atoms with Crippen LogP contribution in [0.1, 0.15) is 49.7 Å². The molecule has 0 saturated carbocycles. The first-order valence-corrected chi connectivity index (χ1v) is 8.56. The molecule has 7 nitrogen and oxygen atoms in total. The van der Waals surface area contributed by atoms with Crippen LogP contribution in [0.2, 0.25) is 0 Å². The largest absolute Gasteiger partial charge is 0.371 e. The summed E-state index contributed by atoms with van der Waals surface area (Å²) >= 11 is 0. The van der Waals surface area contributed by atoms with E-state index in [1.807, 2.05) is 26.0 Å². The summed E-state index contributed by atoms with van der Waals surface area (Å²) in [5, 5.41) is 9.71. The number of fused-ring (bicyclic) bond motifs is 1. The lowest BCUT2D eigenvalue weighted by atomic mass is 9.99. The van der Waals surface area contributed by atoms with E-state index >= 15 is 0 Å². The first-order valence-electron chi connectivity index (χ1n) is 8.56. The Morgan fingerprint density at radius 2 is 2.04 bits per heavy atom. The number of carbonyl (C=O) groups is 1. The van der Waals surface area contributed by atoms with E-state index in [0.717, 1.165) is 12.8 Å². The third-order valence-corrected chi connectivity index (χ3v) is 4.36. The zero-order valence-electron chi connectivity index (χ0n) is 14.8. The summed E-state index contributed by atoms with van der Waals surface area (Å²) in [4.78, 5) is 16.5. The fraction of sp³-hybridized carbons (Fsp3) is 0.500.